The second kappa shape index (κ2) is 7.45. The van der Waals surface area contributed by atoms with Gasteiger partial charge in [-0.25, -0.2) is 4.98 Å². The predicted molar refractivity (Wildman–Crippen MR) is 106 cm³/mol. The van der Waals surface area contributed by atoms with Crippen LogP contribution in [-0.4, -0.2) is 12.1 Å². The Labute approximate surface area is 155 Å². The highest BCUT2D eigenvalue weighted by Gasteiger charge is 2.05. The molecule has 26 heavy (non-hydrogen) atoms. The molecular weight excluding hydrogens is 342 g/mol. The Balaban J connectivity index is 1.52. The lowest BCUT2D eigenvalue weighted by atomic mass is 10.1. The van der Waals surface area contributed by atoms with Gasteiger partial charge in [0.15, 0.2) is 0 Å². The third kappa shape index (κ3) is 3.48. The zero-order valence-corrected chi connectivity index (χ0v) is 15.1. The SMILES string of the molecule is COc1cccc(-c2csc(N=NCc3cccc4ccccc34)n2)c1. The molecule has 4 nitrogen and oxygen atoms in total. The molecule has 1 aromatic heterocycles. The number of thiazole rings is 1. The smallest absolute Gasteiger partial charge is 0.230 e. The Kier molecular flexibility index (Phi) is 4.71. The highest BCUT2D eigenvalue weighted by atomic mass is 32.1. The first-order valence-corrected chi connectivity index (χ1v) is 9.15. The molecule has 0 radical (unpaired) electrons. The van der Waals surface area contributed by atoms with Gasteiger partial charge in [-0.15, -0.1) is 16.5 Å². The summed E-state index contributed by atoms with van der Waals surface area (Å²) in [6.07, 6.45) is 0. The highest BCUT2D eigenvalue weighted by molar-refractivity contribution is 7.13. The molecule has 0 spiro atoms. The van der Waals surface area contributed by atoms with Crippen LogP contribution in [0.5, 0.6) is 5.75 Å². The minimum absolute atomic E-state index is 0.537. The van der Waals surface area contributed by atoms with Crippen molar-refractivity contribution in [1.82, 2.24) is 4.98 Å². The van der Waals surface area contributed by atoms with E-state index in [4.69, 9.17) is 4.74 Å². The minimum Gasteiger partial charge on any atom is -0.497 e. The van der Waals surface area contributed by atoms with Crippen LogP contribution in [0.25, 0.3) is 22.0 Å². The first kappa shape index (κ1) is 16.4. The third-order valence-corrected chi connectivity index (χ3v) is 4.86. The van der Waals surface area contributed by atoms with Crippen molar-refractivity contribution in [2.45, 2.75) is 6.54 Å². The van der Waals surface area contributed by atoms with Crippen molar-refractivity contribution in [3.8, 4) is 17.0 Å². The number of nitrogens with zero attached hydrogens (tertiary/aromatic N) is 3. The predicted octanol–water partition coefficient (Wildman–Crippen LogP) is 6.26. The molecule has 5 heteroatoms. The number of rotatable bonds is 5. The van der Waals surface area contributed by atoms with E-state index in [-0.39, 0.29) is 0 Å². The van der Waals surface area contributed by atoms with Crippen LogP contribution in [0.1, 0.15) is 5.56 Å². The lowest BCUT2D eigenvalue weighted by Gasteiger charge is -2.02. The summed E-state index contributed by atoms with van der Waals surface area (Å²) in [7, 11) is 1.66. The van der Waals surface area contributed by atoms with E-state index in [1.807, 2.05) is 41.8 Å². The van der Waals surface area contributed by atoms with Gasteiger partial charge in [0.1, 0.15) is 5.75 Å². The lowest BCUT2D eigenvalue weighted by Crippen LogP contribution is -1.84. The van der Waals surface area contributed by atoms with E-state index in [0.717, 1.165) is 22.6 Å². The molecule has 4 rings (SSSR count). The molecule has 0 saturated carbocycles. The summed E-state index contributed by atoms with van der Waals surface area (Å²) in [5.74, 6) is 0.814. The van der Waals surface area contributed by atoms with Crippen molar-refractivity contribution in [2.24, 2.45) is 10.2 Å². The Morgan fingerprint density at radius 3 is 2.77 bits per heavy atom. The summed E-state index contributed by atoms with van der Waals surface area (Å²) in [6.45, 7) is 0.537. The fourth-order valence-electron chi connectivity index (χ4n) is 2.83. The third-order valence-electron chi connectivity index (χ3n) is 4.13. The van der Waals surface area contributed by atoms with Gasteiger partial charge in [0, 0.05) is 10.9 Å². The molecule has 0 aliphatic rings. The maximum atomic E-state index is 5.27. The molecule has 128 valence electrons. The molecule has 4 aromatic rings. The molecule has 0 atom stereocenters. The van der Waals surface area contributed by atoms with Crippen LogP contribution >= 0.6 is 11.3 Å². The van der Waals surface area contributed by atoms with Crippen LogP contribution in [0.15, 0.2) is 82.3 Å². The van der Waals surface area contributed by atoms with Gasteiger partial charge in [-0.2, -0.15) is 5.11 Å². The Morgan fingerprint density at radius 2 is 1.85 bits per heavy atom. The van der Waals surface area contributed by atoms with Crippen molar-refractivity contribution in [2.75, 3.05) is 7.11 Å². The minimum atomic E-state index is 0.537. The van der Waals surface area contributed by atoms with Gasteiger partial charge >= 0.3 is 0 Å². The van der Waals surface area contributed by atoms with E-state index < -0.39 is 0 Å². The molecule has 0 aliphatic carbocycles. The zero-order valence-electron chi connectivity index (χ0n) is 14.3. The van der Waals surface area contributed by atoms with Crippen LogP contribution in [0.3, 0.4) is 0 Å². The van der Waals surface area contributed by atoms with E-state index in [2.05, 4.69) is 45.5 Å². The quantitative estimate of drug-likeness (QED) is 0.395. The van der Waals surface area contributed by atoms with Crippen molar-refractivity contribution >= 4 is 27.2 Å². The maximum Gasteiger partial charge on any atom is 0.230 e. The molecule has 0 saturated heterocycles. The largest absolute Gasteiger partial charge is 0.497 e. The van der Waals surface area contributed by atoms with Crippen LogP contribution in [-0.2, 0) is 6.54 Å². The van der Waals surface area contributed by atoms with Gasteiger partial charge in [0.05, 0.1) is 19.3 Å². The Morgan fingerprint density at radius 1 is 1.00 bits per heavy atom. The highest BCUT2D eigenvalue weighted by Crippen LogP contribution is 2.29. The number of hydrogen-bond acceptors (Lipinski definition) is 5. The second-order valence-corrected chi connectivity index (χ2v) is 6.62. The van der Waals surface area contributed by atoms with Crippen molar-refractivity contribution < 1.29 is 4.74 Å². The fraction of sp³-hybridized carbons (Fsp3) is 0.0952. The van der Waals surface area contributed by atoms with Crippen LogP contribution in [0, 0.1) is 0 Å². The summed E-state index contributed by atoms with van der Waals surface area (Å²) in [5.41, 5.74) is 3.06. The number of azo groups is 1. The summed E-state index contributed by atoms with van der Waals surface area (Å²) in [4.78, 5) is 4.55. The monoisotopic (exact) mass is 359 g/mol. The molecule has 0 unspecified atom stereocenters. The Bertz CT molecular complexity index is 1070. The van der Waals surface area contributed by atoms with Crippen LogP contribution in [0.4, 0.5) is 5.13 Å². The van der Waals surface area contributed by atoms with Crippen LogP contribution in [0.2, 0.25) is 0 Å². The van der Waals surface area contributed by atoms with Crippen LogP contribution < -0.4 is 4.74 Å². The van der Waals surface area contributed by atoms with E-state index in [1.165, 1.54) is 22.1 Å². The van der Waals surface area contributed by atoms with Gasteiger partial charge < -0.3 is 4.74 Å². The van der Waals surface area contributed by atoms with Crippen molar-refractivity contribution in [1.29, 1.82) is 0 Å². The number of hydrogen-bond donors (Lipinski definition) is 0. The van der Waals surface area contributed by atoms with Gasteiger partial charge in [0.25, 0.3) is 0 Å². The van der Waals surface area contributed by atoms with E-state index in [1.54, 1.807) is 7.11 Å². The number of methoxy groups -OCH3 is 1. The average molecular weight is 359 g/mol. The molecular formula is C21H17N3OS. The van der Waals surface area contributed by atoms with Gasteiger partial charge in [-0.05, 0) is 28.5 Å². The second-order valence-electron chi connectivity index (χ2n) is 5.79. The number of aromatic nitrogens is 1. The van der Waals surface area contributed by atoms with E-state index in [9.17, 15) is 0 Å². The number of ether oxygens (including phenoxy) is 1. The molecule has 0 fully saturated rings. The van der Waals surface area contributed by atoms with Crippen molar-refractivity contribution in [3.05, 3.63) is 77.7 Å². The topological polar surface area (TPSA) is 46.8 Å². The first-order chi connectivity index (χ1) is 12.8. The molecule has 0 aliphatic heterocycles. The first-order valence-electron chi connectivity index (χ1n) is 8.27. The zero-order chi connectivity index (χ0) is 17.8. The summed E-state index contributed by atoms with van der Waals surface area (Å²) >= 11 is 1.48. The van der Waals surface area contributed by atoms with E-state index in [0.29, 0.717) is 11.7 Å². The van der Waals surface area contributed by atoms with Crippen molar-refractivity contribution in [3.63, 3.8) is 0 Å². The molecule has 1 heterocycles. The van der Waals surface area contributed by atoms with E-state index >= 15 is 0 Å². The molecule has 0 bridgehead atoms. The van der Waals surface area contributed by atoms with Gasteiger partial charge in [0.2, 0.25) is 5.13 Å². The lowest BCUT2D eigenvalue weighted by molar-refractivity contribution is 0.415. The van der Waals surface area contributed by atoms with Gasteiger partial charge in [-0.3, -0.25) is 0 Å². The average Bonchev–Trinajstić information content (AvgIpc) is 3.17. The molecule has 0 amide bonds. The number of fused-ring (bicyclic) bond motifs is 1. The summed E-state index contributed by atoms with van der Waals surface area (Å²) in [5, 5.41) is 13.7. The molecule has 3 aromatic carbocycles. The molecule has 0 N–H and O–H groups in total. The summed E-state index contributed by atoms with van der Waals surface area (Å²) < 4.78 is 5.27. The van der Waals surface area contributed by atoms with Gasteiger partial charge in [-0.1, -0.05) is 54.6 Å². The standard InChI is InChI=1S/C21H17N3OS/c1-25-18-10-5-8-16(12-18)20-14-26-21(23-20)24-22-13-17-9-4-7-15-6-2-3-11-19(15)17/h2-12,14H,13H2,1H3. The Hall–Kier alpha value is -3.05. The fourth-order valence-corrected chi connectivity index (χ4v) is 3.49. The normalized spacial score (nSPS) is 11.3. The summed E-state index contributed by atoms with van der Waals surface area (Å²) in [6, 6.07) is 22.4. The maximum absolute atomic E-state index is 5.27. The number of benzene rings is 3.